The van der Waals surface area contributed by atoms with Crippen molar-refractivity contribution in [2.24, 2.45) is 0 Å². The number of anilines is 2. The number of hydrogen-bond acceptors (Lipinski definition) is 3. The summed E-state index contributed by atoms with van der Waals surface area (Å²) in [5.74, 6) is 0.329. The molecule has 2 rings (SSSR count). The van der Waals surface area contributed by atoms with Gasteiger partial charge in [0.25, 0.3) is 0 Å². The molecule has 0 aliphatic heterocycles. The third kappa shape index (κ3) is 4.92. The number of benzene rings is 2. The lowest BCUT2D eigenvalue weighted by molar-refractivity contribution is -0.119. The SMILES string of the molecule is CNc1ccc(CCC(=O)CCc2ccc(NC)cc2)cc1. The predicted molar refractivity (Wildman–Crippen MR) is 93.6 cm³/mol. The minimum Gasteiger partial charge on any atom is -0.388 e. The number of nitrogens with one attached hydrogen (secondary N) is 2. The quantitative estimate of drug-likeness (QED) is 0.776. The molecule has 2 N–H and O–H groups in total. The predicted octanol–water partition coefficient (Wildman–Crippen LogP) is 3.90. The van der Waals surface area contributed by atoms with Crippen molar-refractivity contribution in [1.82, 2.24) is 0 Å². The van der Waals surface area contributed by atoms with E-state index in [1.165, 1.54) is 11.1 Å². The van der Waals surface area contributed by atoms with Gasteiger partial charge in [-0.25, -0.2) is 0 Å². The third-order valence-corrected chi connectivity index (χ3v) is 3.87. The highest BCUT2D eigenvalue weighted by Crippen LogP contribution is 2.13. The van der Waals surface area contributed by atoms with Gasteiger partial charge in [0.05, 0.1) is 0 Å². The molecule has 0 aliphatic rings. The van der Waals surface area contributed by atoms with Crippen LogP contribution in [0.1, 0.15) is 24.0 Å². The van der Waals surface area contributed by atoms with E-state index in [0.29, 0.717) is 18.6 Å². The molecule has 0 radical (unpaired) electrons. The summed E-state index contributed by atoms with van der Waals surface area (Å²) in [5.41, 5.74) is 4.62. The molecular weight excluding hydrogens is 272 g/mol. The Bertz CT molecular complexity index is 534. The van der Waals surface area contributed by atoms with Crippen molar-refractivity contribution in [3.05, 3.63) is 59.7 Å². The van der Waals surface area contributed by atoms with E-state index in [1.54, 1.807) is 0 Å². The van der Waals surface area contributed by atoms with E-state index in [2.05, 4.69) is 34.9 Å². The Morgan fingerprint density at radius 3 is 1.41 bits per heavy atom. The van der Waals surface area contributed by atoms with E-state index in [-0.39, 0.29) is 0 Å². The molecule has 3 heteroatoms. The number of ketones is 1. The second kappa shape index (κ2) is 8.23. The lowest BCUT2D eigenvalue weighted by Crippen LogP contribution is -2.02. The van der Waals surface area contributed by atoms with Gasteiger partial charge in [0.15, 0.2) is 0 Å². The van der Waals surface area contributed by atoms with Crippen molar-refractivity contribution in [1.29, 1.82) is 0 Å². The van der Waals surface area contributed by atoms with Gasteiger partial charge in [0, 0.05) is 38.3 Å². The molecule has 2 aromatic carbocycles. The van der Waals surface area contributed by atoms with E-state index < -0.39 is 0 Å². The zero-order valence-corrected chi connectivity index (χ0v) is 13.4. The molecule has 116 valence electrons. The molecule has 0 aromatic heterocycles. The molecule has 0 fully saturated rings. The Labute approximate surface area is 132 Å². The van der Waals surface area contributed by atoms with E-state index in [1.807, 2.05) is 38.4 Å². The molecule has 2 aromatic rings. The van der Waals surface area contributed by atoms with Gasteiger partial charge >= 0.3 is 0 Å². The number of carbonyl (C=O) groups is 1. The maximum atomic E-state index is 12.0. The zero-order chi connectivity index (χ0) is 15.8. The van der Waals surface area contributed by atoms with Crippen LogP contribution in [0.4, 0.5) is 11.4 Å². The second-order valence-corrected chi connectivity index (χ2v) is 5.43. The first kappa shape index (κ1) is 16.1. The summed E-state index contributed by atoms with van der Waals surface area (Å²) in [5, 5.41) is 6.19. The molecule has 0 aliphatic carbocycles. The Balaban J connectivity index is 1.74. The van der Waals surface area contributed by atoms with Gasteiger partial charge in [-0.15, -0.1) is 0 Å². The fraction of sp³-hybridized carbons (Fsp3) is 0.316. The van der Waals surface area contributed by atoms with Crippen LogP contribution in [0.25, 0.3) is 0 Å². The van der Waals surface area contributed by atoms with Crippen molar-refractivity contribution in [3.8, 4) is 0 Å². The molecule has 0 amide bonds. The van der Waals surface area contributed by atoms with Crippen LogP contribution in [0, 0.1) is 0 Å². The van der Waals surface area contributed by atoms with E-state index in [0.717, 1.165) is 24.2 Å². The van der Waals surface area contributed by atoms with E-state index in [4.69, 9.17) is 0 Å². The van der Waals surface area contributed by atoms with Crippen LogP contribution in [0.3, 0.4) is 0 Å². The van der Waals surface area contributed by atoms with Gasteiger partial charge in [0.2, 0.25) is 0 Å². The second-order valence-electron chi connectivity index (χ2n) is 5.43. The zero-order valence-electron chi connectivity index (χ0n) is 13.4. The summed E-state index contributed by atoms with van der Waals surface area (Å²) >= 11 is 0. The van der Waals surface area contributed by atoms with Gasteiger partial charge in [-0.05, 0) is 48.2 Å². The summed E-state index contributed by atoms with van der Waals surface area (Å²) in [6.07, 6.45) is 2.88. The third-order valence-electron chi connectivity index (χ3n) is 3.87. The highest BCUT2D eigenvalue weighted by Gasteiger charge is 2.04. The molecule has 0 heterocycles. The average Bonchev–Trinajstić information content (AvgIpc) is 2.59. The first-order valence-corrected chi connectivity index (χ1v) is 7.76. The number of carbonyl (C=O) groups excluding carboxylic acids is 1. The summed E-state index contributed by atoms with van der Waals surface area (Å²) < 4.78 is 0. The van der Waals surface area contributed by atoms with Gasteiger partial charge in [-0.2, -0.15) is 0 Å². The van der Waals surface area contributed by atoms with Gasteiger partial charge in [0.1, 0.15) is 5.78 Å². The molecule has 0 spiro atoms. The maximum Gasteiger partial charge on any atom is 0.133 e. The minimum absolute atomic E-state index is 0.329. The lowest BCUT2D eigenvalue weighted by atomic mass is 10.0. The van der Waals surface area contributed by atoms with Crippen LogP contribution in [-0.2, 0) is 17.6 Å². The van der Waals surface area contributed by atoms with Gasteiger partial charge in [-0.3, -0.25) is 4.79 Å². The Kier molecular flexibility index (Phi) is 6.01. The number of Topliss-reactive ketones (excluding diaryl/α,β-unsaturated/α-hetero) is 1. The van der Waals surface area contributed by atoms with Crippen LogP contribution < -0.4 is 10.6 Å². The first-order chi connectivity index (χ1) is 10.7. The summed E-state index contributed by atoms with van der Waals surface area (Å²) in [6, 6.07) is 16.5. The summed E-state index contributed by atoms with van der Waals surface area (Å²) in [6.45, 7) is 0. The van der Waals surface area contributed by atoms with Crippen LogP contribution in [0.5, 0.6) is 0 Å². The number of aryl methyl sites for hydroxylation is 2. The molecule has 22 heavy (non-hydrogen) atoms. The smallest absolute Gasteiger partial charge is 0.133 e. The largest absolute Gasteiger partial charge is 0.388 e. The fourth-order valence-electron chi connectivity index (χ4n) is 2.37. The van der Waals surface area contributed by atoms with Crippen molar-refractivity contribution in [3.63, 3.8) is 0 Å². The van der Waals surface area contributed by atoms with Gasteiger partial charge < -0.3 is 10.6 Å². The Hall–Kier alpha value is -2.29. The summed E-state index contributed by atoms with van der Waals surface area (Å²) in [4.78, 5) is 12.0. The standard InChI is InChI=1S/C19H24N2O/c1-20-17-9-3-15(4-10-17)7-13-19(22)14-8-16-5-11-18(21-2)12-6-16/h3-6,9-12,20-21H,7-8,13-14H2,1-2H3. The lowest BCUT2D eigenvalue weighted by Gasteiger charge is -2.05. The van der Waals surface area contributed by atoms with Crippen molar-refractivity contribution < 1.29 is 4.79 Å². The maximum absolute atomic E-state index is 12.0. The monoisotopic (exact) mass is 296 g/mol. The Morgan fingerprint density at radius 2 is 1.09 bits per heavy atom. The van der Waals surface area contributed by atoms with Crippen LogP contribution in [0.2, 0.25) is 0 Å². The van der Waals surface area contributed by atoms with Crippen molar-refractivity contribution in [2.45, 2.75) is 25.7 Å². The Morgan fingerprint density at radius 1 is 0.727 bits per heavy atom. The molecule has 0 saturated heterocycles. The highest BCUT2D eigenvalue weighted by atomic mass is 16.1. The minimum atomic E-state index is 0.329. The molecule has 0 bridgehead atoms. The molecular formula is C19H24N2O. The normalized spacial score (nSPS) is 10.3. The van der Waals surface area contributed by atoms with Crippen molar-refractivity contribution in [2.75, 3.05) is 24.7 Å². The van der Waals surface area contributed by atoms with Gasteiger partial charge in [-0.1, -0.05) is 24.3 Å². The fourth-order valence-corrected chi connectivity index (χ4v) is 2.37. The van der Waals surface area contributed by atoms with E-state index in [9.17, 15) is 4.79 Å². The molecule has 0 saturated carbocycles. The number of hydrogen-bond donors (Lipinski definition) is 2. The van der Waals surface area contributed by atoms with Crippen LogP contribution in [0.15, 0.2) is 48.5 Å². The van der Waals surface area contributed by atoms with Crippen molar-refractivity contribution >= 4 is 17.2 Å². The first-order valence-electron chi connectivity index (χ1n) is 7.76. The molecule has 3 nitrogen and oxygen atoms in total. The molecule has 0 unspecified atom stereocenters. The van der Waals surface area contributed by atoms with Crippen LogP contribution in [-0.4, -0.2) is 19.9 Å². The summed E-state index contributed by atoms with van der Waals surface area (Å²) in [7, 11) is 3.81. The highest BCUT2D eigenvalue weighted by molar-refractivity contribution is 5.78. The topological polar surface area (TPSA) is 41.1 Å². The average molecular weight is 296 g/mol. The van der Waals surface area contributed by atoms with Crippen LogP contribution >= 0.6 is 0 Å². The number of rotatable bonds is 8. The van der Waals surface area contributed by atoms with E-state index >= 15 is 0 Å². The molecule has 0 atom stereocenters.